The van der Waals surface area contributed by atoms with Crippen molar-refractivity contribution in [2.75, 3.05) is 26.0 Å². The SMILES string of the molecule is CON(C)C(=O)[C@@H]1C[C@]2(CN1C(=O)OC(C)(C)C)C(=O)Nc1ccccc12. The summed E-state index contributed by atoms with van der Waals surface area (Å²) in [5, 5.41) is 3.94. The van der Waals surface area contributed by atoms with Crippen molar-refractivity contribution in [1.29, 1.82) is 0 Å². The lowest BCUT2D eigenvalue weighted by Gasteiger charge is -2.29. The van der Waals surface area contributed by atoms with Gasteiger partial charge in [0.2, 0.25) is 5.91 Å². The number of para-hydroxylation sites is 1. The largest absolute Gasteiger partial charge is 0.444 e. The molecule has 2 aliphatic heterocycles. The second kappa shape index (κ2) is 6.53. The second-order valence-corrected chi connectivity index (χ2v) is 7.93. The van der Waals surface area contributed by atoms with Crippen LogP contribution in [0, 0.1) is 0 Å². The minimum Gasteiger partial charge on any atom is -0.444 e. The molecule has 0 saturated carbocycles. The molecule has 1 spiro atoms. The van der Waals surface area contributed by atoms with Crippen LogP contribution >= 0.6 is 0 Å². The average Bonchev–Trinajstić information content (AvgIpc) is 3.12. The predicted octanol–water partition coefficient (Wildman–Crippen LogP) is 1.91. The number of benzene rings is 1. The summed E-state index contributed by atoms with van der Waals surface area (Å²) in [6, 6.07) is 6.49. The van der Waals surface area contributed by atoms with Crippen LogP contribution in [0.5, 0.6) is 0 Å². The third kappa shape index (κ3) is 3.25. The van der Waals surface area contributed by atoms with Crippen molar-refractivity contribution in [3.63, 3.8) is 0 Å². The highest BCUT2D eigenvalue weighted by atomic mass is 16.7. The first-order valence-electron chi connectivity index (χ1n) is 8.81. The van der Waals surface area contributed by atoms with Crippen molar-refractivity contribution in [3.05, 3.63) is 29.8 Å². The molecule has 146 valence electrons. The van der Waals surface area contributed by atoms with E-state index in [1.807, 2.05) is 24.3 Å². The summed E-state index contributed by atoms with van der Waals surface area (Å²) in [6.45, 7) is 5.34. The number of hydroxylamine groups is 2. The highest BCUT2D eigenvalue weighted by Gasteiger charge is 2.58. The van der Waals surface area contributed by atoms with Gasteiger partial charge in [-0.25, -0.2) is 9.86 Å². The molecule has 0 unspecified atom stereocenters. The first-order valence-corrected chi connectivity index (χ1v) is 8.81. The number of hydrogen-bond acceptors (Lipinski definition) is 5. The predicted molar refractivity (Wildman–Crippen MR) is 97.9 cm³/mol. The zero-order valence-electron chi connectivity index (χ0n) is 16.2. The molecule has 3 amide bonds. The summed E-state index contributed by atoms with van der Waals surface area (Å²) in [5.74, 6) is -0.620. The number of rotatable bonds is 2. The molecule has 0 aromatic heterocycles. The van der Waals surface area contributed by atoms with Gasteiger partial charge in [0.1, 0.15) is 11.6 Å². The second-order valence-electron chi connectivity index (χ2n) is 7.93. The third-order valence-electron chi connectivity index (χ3n) is 4.98. The van der Waals surface area contributed by atoms with E-state index in [9.17, 15) is 14.4 Å². The Labute approximate surface area is 158 Å². The van der Waals surface area contributed by atoms with E-state index in [4.69, 9.17) is 9.57 Å². The van der Waals surface area contributed by atoms with E-state index in [0.717, 1.165) is 10.6 Å². The maximum atomic E-state index is 12.9. The molecule has 2 heterocycles. The smallest absolute Gasteiger partial charge is 0.411 e. The summed E-state index contributed by atoms with van der Waals surface area (Å²) in [6.07, 6.45) is -0.457. The Hall–Kier alpha value is -2.61. The Morgan fingerprint density at radius 1 is 1.30 bits per heavy atom. The van der Waals surface area contributed by atoms with E-state index in [0.29, 0.717) is 5.69 Å². The Kier molecular flexibility index (Phi) is 4.63. The topological polar surface area (TPSA) is 88.2 Å². The molecular formula is C19H25N3O5. The molecule has 3 rings (SSSR count). The summed E-state index contributed by atoms with van der Waals surface area (Å²) in [4.78, 5) is 44.9. The number of nitrogens with one attached hydrogen (secondary N) is 1. The standard InChI is InChI=1S/C19H25N3O5/c1-18(2,3)27-17(25)22-11-19(10-14(22)15(23)21(4)26-5)12-8-6-7-9-13(12)20-16(19)24/h6-9,14H,10-11H2,1-5H3,(H,20,24)/t14-,19+/m0/s1. The van der Waals surface area contributed by atoms with Crippen molar-refractivity contribution in [1.82, 2.24) is 9.96 Å². The van der Waals surface area contributed by atoms with Gasteiger partial charge in [0, 0.05) is 19.3 Å². The maximum Gasteiger partial charge on any atom is 0.411 e. The van der Waals surface area contributed by atoms with E-state index in [1.54, 1.807) is 20.8 Å². The van der Waals surface area contributed by atoms with Crippen LogP contribution in [0.15, 0.2) is 24.3 Å². The molecule has 1 aromatic rings. The van der Waals surface area contributed by atoms with Crippen molar-refractivity contribution in [2.45, 2.75) is 44.2 Å². The van der Waals surface area contributed by atoms with E-state index >= 15 is 0 Å². The van der Waals surface area contributed by atoms with Gasteiger partial charge in [0.25, 0.3) is 5.91 Å². The number of anilines is 1. The lowest BCUT2D eigenvalue weighted by atomic mass is 9.79. The zero-order chi connectivity index (χ0) is 20.0. The molecule has 2 atom stereocenters. The molecule has 1 fully saturated rings. The number of likely N-dealkylation sites (N-methyl/N-ethyl adjacent to an activating group) is 1. The van der Waals surface area contributed by atoms with Gasteiger partial charge in [-0.1, -0.05) is 18.2 Å². The number of nitrogens with zero attached hydrogens (tertiary/aromatic N) is 2. The minimum atomic E-state index is -0.984. The number of ether oxygens (including phenoxy) is 1. The fraction of sp³-hybridized carbons (Fsp3) is 0.526. The van der Waals surface area contributed by atoms with Gasteiger partial charge in [-0.05, 0) is 38.8 Å². The molecule has 27 heavy (non-hydrogen) atoms. The van der Waals surface area contributed by atoms with Gasteiger partial charge < -0.3 is 10.1 Å². The summed E-state index contributed by atoms with van der Waals surface area (Å²) in [7, 11) is 2.85. The Bertz CT molecular complexity index is 788. The maximum absolute atomic E-state index is 12.9. The zero-order valence-corrected chi connectivity index (χ0v) is 16.2. The Morgan fingerprint density at radius 2 is 1.96 bits per heavy atom. The minimum absolute atomic E-state index is 0.0682. The van der Waals surface area contributed by atoms with Crippen LogP contribution in [0.2, 0.25) is 0 Å². The van der Waals surface area contributed by atoms with Crippen LogP contribution < -0.4 is 5.32 Å². The summed E-state index contributed by atoms with van der Waals surface area (Å²) in [5.41, 5.74) is -0.204. The number of carbonyl (C=O) groups is 3. The van der Waals surface area contributed by atoms with Gasteiger partial charge in [-0.2, -0.15) is 0 Å². The van der Waals surface area contributed by atoms with Crippen molar-refractivity contribution >= 4 is 23.6 Å². The number of amides is 3. The van der Waals surface area contributed by atoms with E-state index in [-0.39, 0.29) is 18.9 Å². The van der Waals surface area contributed by atoms with Gasteiger partial charge in [0.05, 0.1) is 12.5 Å². The molecule has 0 radical (unpaired) electrons. The number of hydrogen-bond donors (Lipinski definition) is 1. The summed E-state index contributed by atoms with van der Waals surface area (Å²) >= 11 is 0. The van der Waals surface area contributed by atoms with Crippen molar-refractivity contribution < 1.29 is 24.0 Å². The molecular weight excluding hydrogens is 350 g/mol. The van der Waals surface area contributed by atoms with Crippen LogP contribution in [-0.4, -0.2) is 60.2 Å². The number of carbonyl (C=O) groups excluding carboxylic acids is 3. The van der Waals surface area contributed by atoms with E-state index in [2.05, 4.69) is 5.32 Å². The van der Waals surface area contributed by atoms with Gasteiger partial charge in [-0.15, -0.1) is 0 Å². The van der Waals surface area contributed by atoms with E-state index < -0.39 is 29.1 Å². The summed E-state index contributed by atoms with van der Waals surface area (Å²) < 4.78 is 5.49. The molecule has 1 N–H and O–H groups in total. The first kappa shape index (κ1) is 19.2. The quantitative estimate of drug-likeness (QED) is 0.798. The molecule has 8 heteroatoms. The van der Waals surface area contributed by atoms with Crippen molar-refractivity contribution in [2.24, 2.45) is 0 Å². The first-order chi connectivity index (χ1) is 12.6. The number of fused-ring (bicyclic) bond motifs is 2. The van der Waals surface area contributed by atoms with Crippen LogP contribution in [0.3, 0.4) is 0 Å². The molecule has 1 saturated heterocycles. The monoisotopic (exact) mass is 375 g/mol. The van der Waals surface area contributed by atoms with Crippen molar-refractivity contribution in [3.8, 4) is 0 Å². The molecule has 0 bridgehead atoms. The molecule has 1 aromatic carbocycles. The molecule has 0 aliphatic carbocycles. The molecule has 2 aliphatic rings. The lowest BCUT2D eigenvalue weighted by molar-refractivity contribution is -0.173. The van der Waals surface area contributed by atoms with Crippen LogP contribution in [0.1, 0.15) is 32.8 Å². The molecule has 8 nitrogen and oxygen atoms in total. The van der Waals surface area contributed by atoms with Gasteiger partial charge in [-0.3, -0.25) is 19.3 Å². The Morgan fingerprint density at radius 3 is 2.59 bits per heavy atom. The number of likely N-dealkylation sites (tertiary alicyclic amines) is 1. The fourth-order valence-electron chi connectivity index (χ4n) is 3.67. The van der Waals surface area contributed by atoms with E-state index in [1.165, 1.54) is 19.1 Å². The fourth-order valence-corrected chi connectivity index (χ4v) is 3.67. The highest BCUT2D eigenvalue weighted by molar-refractivity contribution is 6.08. The van der Waals surface area contributed by atoms with Gasteiger partial charge >= 0.3 is 6.09 Å². The van der Waals surface area contributed by atoms with Gasteiger partial charge in [0.15, 0.2) is 0 Å². The normalized spacial score (nSPS) is 24.0. The lowest BCUT2D eigenvalue weighted by Crippen LogP contribution is -2.48. The van der Waals surface area contributed by atoms with Crippen LogP contribution in [0.25, 0.3) is 0 Å². The highest BCUT2D eigenvalue weighted by Crippen LogP contribution is 2.46. The third-order valence-corrected chi connectivity index (χ3v) is 4.98. The van der Waals surface area contributed by atoms with Crippen LogP contribution in [0.4, 0.5) is 10.5 Å². The average molecular weight is 375 g/mol. The Balaban J connectivity index is 2.00. The van der Waals surface area contributed by atoms with Crippen LogP contribution in [-0.2, 0) is 24.6 Å².